The summed E-state index contributed by atoms with van der Waals surface area (Å²) in [5, 5.41) is 15.5. The second kappa shape index (κ2) is 14.1. The fourth-order valence-corrected chi connectivity index (χ4v) is 3.84. The molecule has 0 aliphatic heterocycles. The van der Waals surface area contributed by atoms with Gasteiger partial charge in [-0.15, -0.1) is 0 Å². The van der Waals surface area contributed by atoms with Crippen LogP contribution in [0.5, 0.6) is 0 Å². The highest BCUT2D eigenvalue weighted by Crippen LogP contribution is 2.27. The minimum absolute atomic E-state index is 0.0546. The minimum Gasteiger partial charge on any atom is -0.444 e. The number of hydrogen-bond acceptors (Lipinski definition) is 5. The molecule has 0 saturated heterocycles. The van der Waals surface area contributed by atoms with Crippen molar-refractivity contribution in [2.75, 3.05) is 19.7 Å². The number of rotatable bonds is 12. The van der Waals surface area contributed by atoms with Crippen molar-refractivity contribution in [2.24, 2.45) is 5.92 Å². The Labute approximate surface area is 210 Å². The van der Waals surface area contributed by atoms with Crippen LogP contribution >= 0.6 is 0 Å². The summed E-state index contributed by atoms with van der Waals surface area (Å²) in [5.74, 6) is -0.971. The molecule has 8 nitrogen and oxygen atoms in total. The Balaban J connectivity index is 3.47. The Bertz CT molecular complexity index is 850. The maximum absolute atomic E-state index is 13.9. The molecule has 3 unspecified atom stereocenters. The van der Waals surface area contributed by atoms with Crippen molar-refractivity contribution in [2.45, 2.75) is 92.3 Å². The second-order valence-corrected chi connectivity index (χ2v) is 10.2. The van der Waals surface area contributed by atoms with E-state index in [2.05, 4.69) is 10.6 Å². The van der Waals surface area contributed by atoms with Gasteiger partial charge in [-0.3, -0.25) is 9.59 Å². The van der Waals surface area contributed by atoms with E-state index >= 15 is 0 Å². The Morgan fingerprint density at radius 2 is 1.80 bits per heavy atom. The van der Waals surface area contributed by atoms with E-state index in [0.29, 0.717) is 18.5 Å². The molecule has 198 valence electrons. The number of nitrogens with zero attached hydrogens (tertiary/aromatic N) is 1. The van der Waals surface area contributed by atoms with Gasteiger partial charge in [0.1, 0.15) is 17.7 Å². The molecular weight excluding hydrogens is 446 g/mol. The average molecular weight is 492 g/mol. The van der Waals surface area contributed by atoms with Crippen molar-refractivity contribution in [3.63, 3.8) is 0 Å². The van der Waals surface area contributed by atoms with Crippen molar-refractivity contribution in [3.8, 4) is 0 Å². The lowest BCUT2D eigenvalue weighted by atomic mass is 9.93. The maximum atomic E-state index is 13.9. The number of carbonyl (C=O) groups excluding carboxylic acids is 3. The highest BCUT2D eigenvalue weighted by Gasteiger charge is 2.38. The van der Waals surface area contributed by atoms with E-state index in [0.717, 1.165) is 24.0 Å². The lowest BCUT2D eigenvalue weighted by Gasteiger charge is -2.36. The number of alkyl carbamates (subject to hydrolysis) is 1. The molecule has 0 spiro atoms. The standard InChI is InChI=1S/C27H45N3O5/c1-9-11-14-28-24(32)23(21-13-12-18(3)17-20(21)5)30(15-16-31)25(33)22(19(4)10-2)29-26(34)35-27(6,7)8/h12-13,17,19,22-23,31H,9-11,14-16H2,1-8H3,(H,28,32)(H,29,34). The smallest absolute Gasteiger partial charge is 0.408 e. The van der Waals surface area contributed by atoms with Gasteiger partial charge in [-0.1, -0.05) is 57.4 Å². The predicted octanol–water partition coefficient (Wildman–Crippen LogP) is 4.02. The van der Waals surface area contributed by atoms with E-state index in [1.165, 1.54) is 4.90 Å². The zero-order valence-electron chi connectivity index (χ0n) is 22.7. The van der Waals surface area contributed by atoms with Crippen molar-refractivity contribution >= 4 is 17.9 Å². The van der Waals surface area contributed by atoms with E-state index in [1.54, 1.807) is 20.8 Å². The quantitative estimate of drug-likeness (QED) is 0.383. The molecule has 8 heteroatoms. The first-order valence-electron chi connectivity index (χ1n) is 12.6. The van der Waals surface area contributed by atoms with E-state index in [4.69, 9.17) is 4.74 Å². The highest BCUT2D eigenvalue weighted by molar-refractivity contribution is 5.92. The molecular formula is C27H45N3O5. The molecule has 3 atom stereocenters. The van der Waals surface area contributed by atoms with E-state index < -0.39 is 29.7 Å². The molecule has 0 saturated carbocycles. The summed E-state index contributed by atoms with van der Waals surface area (Å²) in [5.41, 5.74) is 1.88. The van der Waals surface area contributed by atoms with Crippen LogP contribution in [0, 0.1) is 19.8 Å². The van der Waals surface area contributed by atoms with Crippen LogP contribution in [0.15, 0.2) is 18.2 Å². The van der Waals surface area contributed by atoms with Gasteiger partial charge in [0.15, 0.2) is 0 Å². The number of hydrogen-bond donors (Lipinski definition) is 3. The molecule has 1 rings (SSSR count). The summed E-state index contributed by atoms with van der Waals surface area (Å²) in [6.07, 6.45) is 1.66. The monoisotopic (exact) mass is 491 g/mol. The van der Waals surface area contributed by atoms with Gasteiger partial charge in [-0.2, -0.15) is 0 Å². The topological polar surface area (TPSA) is 108 Å². The predicted molar refractivity (Wildman–Crippen MR) is 138 cm³/mol. The van der Waals surface area contributed by atoms with Gasteiger partial charge in [0.2, 0.25) is 11.8 Å². The molecule has 0 fully saturated rings. The summed E-state index contributed by atoms with van der Waals surface area (Å²) >= 11 is 0. The number of ether oxygens (including phenoxy) is 1. The second-order valence-electron chi connectivity index (χ2n) is 10.2. The average Bonchev–Trinajstić information content (AvgIpc) is 2.76. The van der Waals surface area contributed by atoms with E-state index in [9.17, 15) is 19.5 Å². The number of unbranched alkanes of at least 4 members (excludes halogenated alkanes) is 1. The number of amides is 3. The fraction of sp³-hybridized carbons (Fsp3) is 0.667. The van der Waals surface area contributed by atoms with E-state index in [-0.39, 0.29) is 25.0 Å². The molecule has 0 aliphatic carbocycles. The van der Waals surface area contributed by atoms with Crippen LogP contribution in [0.1, 0.15) is 83.5 Å². The van der Waals surface area contributed by atoms with Crippen molar-refractivity contribution in [1.29, 1.82) is 0 Å². The summed E-state index contributed by atoms with van der Waals surface area (Å²) in [7, 11) is 0. The number of benzene rings is 1. The van der Waals surface area contributed by atoms with Crippen LogP contribution in [0.2, 0.25) is 0 Å². The van der Waals surface area contributed by atoms with Gasteiger partial charge in [0.05, 0.1) is 6.61 Å². The van der Waals surface area contributed by atoms with Gasteiger partial charge in [-0.05, 0) is 58.1 Å². The van der Waals surface area contributed by atoms with Crippen LogP contribution in [-0.4, -0.2) is 59.3 Å². The van der Waals surface area contributed by atoms with Crippen LogP contribution in [-0.2, 0) is 14.3 Å². The number of aryl methyl sites for hydroxylation is 2. The van der Waals surface area contributed by atoms with Gasteiger partial charge < -0.3 is 25.4 Å². The molecule has 0 bridgehead atoms. The highest BCUT2D eigenvalue weighted by atomic mass is 16.6. The third-order valence-electron chi connectivity index (χ3n) is 5.88. The molecule has 3 amide bonds. The largest absolute Gasteiger partial charge is 0.444 e. The third kappa shape index (κ3) is 9.51. The van der Waals surface area contributed by atoms with Crippen LogP contribution in [0.3, 0.4) is 0 Å². The zero-order chi connectivity index (χ0) is 26.8. The van der Waals surface area contributed by atoms with Crippen molar-refractivity contribution in [3.05, 3.63) is 34.9 Å². The number of nitrogens with one attached hydrogen (secondary N) is 2. The summed E-state index contributed by atoms with van der Waals surface area (Å²) < 4.78 is 5.39. The third-order valence-corrected chi connectivity index (χ3v) is 5.88. The number of carbonyl (C=O) groups is 3. The fourth-order valence-electron chi connectivity index (χ4n) is 3.84. The molecule has 1 aromatic carbocycles. The number of aliphatic hydroxyl groups is 1. The number of aliphatic hydroxyl groups excluding tert-OH is 1. The minimum atomic E-state index is -0.945. The lowest BCUT2D eigenvalue weighted by molar-refractivity contribution is -0.144. The first-order chi connectivity index (χ1) is 16.4. The zero-order valence-corrected chi connectivity index (χ0v) is 22.7. The van der Waals surface area contributed by atoms with Crippen LogP contribution < -0.4 is 10.6 Å². The molecule has 0 radical (unpaired) electrons. The van der Waals surface area contributed by atoms with Crippen LogP contribution in [0.25, 0.3) is 0 Å². The molecule has 1 aromatic rings. The normalized spacial score (nSPS) is 14.0. The summed E-state index contributed by atoms with van der Waals surface area (Å²) in [6, 6.07) is 3.86. The van der Waals surface area contributed by atoms with Crippen molar-refractivity contribution < 1.29 is 24.2 Å². The van der Waals surface area contributed by atoms with E-state index in [1.807, 2.05) is 52.8 Å². The lowest BCUT2D eigenvalue weighted by Crippen LogP contribution is -2.55. The molecule has 35 heavy (non-hydrogen) atoms. The Morgan fingerprint density at radius 1 is 1.14 bits per heavy atom. The van der Waals surface area contributed by atoms with Gasteiger partial charge in [0, 0.05) is 13.1 Å². The van der Waals surface area contributed by atoms with Crippen molar-refractivity contribution in [1.82, 2.24) is 15.5 Å². The molecule has 3 N–H and O–H groups in total. The van der Waals surface area contributed by atoms with Gasteiger partial charge >= 0.3 is 6.09 Å². The molecule has 0 aliphatic rings. The summed E-state index contributed by atoms with van der Waals surface area (Å²) in [6.45, 7) is 15.1. The summed E-state index contributed by atoms with van der Waals surface area (Å²) in [4.78, 5) is 41.3. The maximum Gasteiger partial charge on any atom is 0.408 e. The van der Waals surface area contributed by atoms with Crippen LogP contribution in [0.4, 0.5) is 4.79 Å². The Morgan fingerprint density at radius 3 is 2.31 bits per heavy atom. The Hall–Kier alpha value is -2.61. The SMILES string of the molecule is CCCCNC(=O)C(c1ccc(C)cc1C)N(CCO)C(=O)C(NC(=O)OC(C)(C)C)C(C)CC. The molecule has 0 aromatic heterocycles. The van der Waals surface area contributed by atoms with Gasteiger partial charge in [0.25, 0.3) is 0 Å². The first-order valence-corrected chi connectivity index (χ1v) is 12.6. The van der Waals surface area contributed by atoms with Gasteiger partial charge in [-0.25, -0.2) is 4.79 Å². The first kappa shape index (κ1) is 30.4. The molecule has 0 heterocycles. The Kier molecular flexibility index (Phi) is 12.2.